The van der Waals surface area contributed by atoms with Crippen LogP contribution < -0.4 is 9.84 Å². The van der Waals surface area contributed by atoms with Crippen LogP contribution in [0.1, 0.15) is 41.5 Å². The molecule has 0 radical (unpaired) electrons. The minimum Gasteiger partial charge on any atom is -0.290 e. The van der Waals surface area contributed by atoms with Gasteiger partial charge in [-0.15, -0.1) is 0 Å². The lowest BCUT2D eigenvalue weighted by molar-refractivity contribution is 0.581. The van der Waals surface area contributed by atoms with Crippen LogP contribution in [-0.4, -0.2) is 37.8 Å². The Bertz CT molecular complexity index is 311. The Hall–Kier alpha value is -0.0931. The Morgan fingerprint density at radius 3 is 1.60 bits per heavy atom. The highest BCUT2D eigenvalue weighted by atomic mass is 31.1. The largest absolute Gasteiger partial charge is 0.290 e. The van der Waals surface area contributed by atoms with Gasteiger partial charge in [-0.3, -0.25) is 9.98 Å². The first-order chi connectivity index (χ1) is 8.79. The van der Waals surface area contributed by atoms with Crippen LogP contribution in [0, 0.1) is 0 Å². The molecule has 0 bridgehead atoms. The van der Waals surface area contributed by atoms with Gasteiger partial charge < -0.3 is 0 Å². The average molecular weight is 318 g/mol. The summed E-state index contributed by atoms with van der Waals surface area (Å²) in [6, 6.07) is 0.104. The van der Waals surface area contributed by atoms with Crippen LogP contribution in [0.2, 0.25) is 19.6 Å². The van der Waals surface area contributed by atoms with Gasteiger partial charge in [0.2, 0.25) is 0 Å². The summed E-state index contributed by atoms with van der Waals surface area (Å²) in [7, 11) is -1.19. The van der Waals surface area contributed by atoms with Gasteiger partial charge in [0, 0.05) is 12.4 Å². The Morgan fingerprint density at radius 2 is 1.30 bits per heavy atom. The first-order valence-electron chi connectivity index (χ1n) is 7.25. The van der Waals surface area contributed by atoms with Crippen LogP contribution in [0.25, 0.3) is 0 Å². The van der Waals surface area contributed by atoms with Crippen LogP contribution in [0.5, 0.6) is 0 Å². The minimum atomic E-state index is -1.21. The normalized spacial score (nSPS) is 16.9. The van der Waals surface area contributed by atoms with Crippen molar-refractivity contribution in [3.63, 3.8) is 0 Å². The van der Waals surface area contributed by atoms with Gasteiger partial charge in [-0.2, -0.15) is 5.09 Å². The molecule has 0 aromatic carbocycles. The lowest BCUT2D eigenvalue weighted by Gasteiger charge is -2.17. The maximum atomic E-state index is 4.59. The summed E-state index contributed by atoms with van der Waals surface area (Å²) in [4.78, 5) is 9.18. The lowest BCUT2D eigenvalue weighted by Crippen LogP contribution is -2.39. The number of rotatable bonds is 6. The molecule has 1 atom stereocenters. The highest BCUT2D eigenvalue weighted by molar-refractivity contribution is 7.37. The zero-order chi connectivity index (χ0) is 16.0. The molecule has 0 aromatic heterocycles. The smallest absolute Gasteiger partial charge is 0.162 e. The van der Waals surface area contributed by atoms with E-state index in [4.69, 9.17) is 0 Å². The van der Waals surface area contributed by atoms with Gasteiger partial charge in [0.15, 0.2) is 8.24 Å². The van der Waals surface area contributed by atoms with Gasteiger partial charge in [-0.25, -0.2) is 4.75 Å². The molecule has 0 saturated carbocycles. The molecule has 0 amide bonds. The van der Waals surface area contributed by atoms with Gasteiger partial charge >= 0.3 is 0 Å². The van der Waals surface area contributed by atoms with Crippen molar-refractivity contribution >= 4 is 29.5 Å². The van der Waals surface area contributed by atoms with Crippen LogP contribution in [0.4, 0.5) is 0 Å². The maximum absolute atomic E-state index is 4.59. The predicted octanol–water partition coefficient (Wildman–Crippen LogP) is 3.35. The Labute approximate surface area is 128 Å². The second-order valence-electron chi connectivity index (χ2n) is 8.13. The first kappa shape index (κ1) is 19.9. The molecule has 4 nitrogen and oxygen atoms in total. The summed E-state index contributed by atoms with van der Waals surface area (Å²) in [5.41, 5.74) is -0.0892. The van der Waals surface area contributed by atoms with Crippen LogP contribution in [0.15, 0.2) is 9.98 Å². The summed E-state index contributed by atoms with van der Waals surface area (Å²) >= 11 is 0. The van der Waals surface area contributed by atoms with Crippen molar-refractivity contribution in [2.45, 2.75) is 78.3 Å². The molecule has 118 valence electrons. The molecule has 0 saturated heterocycles. The lowest BCUT2D eigenvalue weighted by atomic mass is 10.1. The highest BCUT2D eigenvalue weighted by Crippen LogP contribution is 2.10. The molecule has 0 aliphatic carbocycles. The molecular formula is C14H34N4PSi+. The van der Waals surface area contributed by atoms with Gasteiger partial charge in [-0.1, -0.05) is 19.6 Å². The van der Waals surface area contributed by atoms with E-state index in [-0.39, 0.29) is 26.0 Å². The minimum absolute atomic E-state index is 0.0202. The topological polar surface area (TPSA) is 48.8 Å². The third-order valence-electron chi connectivity index (χ3n) is 2.03. The van der Waals surface area contributed by atoms with E-state index in [1.807, 2.05) is 12.4 Å². The first-order valence-corrected chi connectivity index (χ1v) is 11.9. The summed E-state index contributed by atoms with van der Waals surface area (Å²) in [6.45, 7) is 19.6. The SMILES string of the molecule is CC(C)(C)N=CC(C=NC(C)(C)C)N[PH2+]N[Si](C)(C)C. The monoisotopic (exact) mass is 317 g/mol. The van der Waals surface area contributed by atoms with Crippen molar-refractivity contribution in [2.75, 3.05) is 0 Å². The van der Waals surface area contributed by atoms with Crippen molar-refractivity contribution in [3.8, 4) is 0 Å². The average Bonchev–Trinajstić information content (AvgIpc) is 2.16. The number of aliphatic imine (C=N–C) groups is 2. The number of hydrogen-bond acceptors (Lipinski definition) is 4. The Balaban J connectivity index is 4.64. The summed E-state index contributed by atoms with van der Waals surface area (Å²) in [5.74, 6) is 0. The van der Waals surface area contributed by atoms with Crippen molar-refractivity contribution in [1.82, 2.24) is 9.84 Å². The zero-order valence-corrected chi connectivity index (χ0v) is 16.9. The van der Waals surface area contributed by atoms with Crippen LogP contribution in [-0.2, 0) is 0 Å². The maximum Gasteiger partial charge on any atom is 0.162 e. The van der Waals surface area contributed by atoms with Crippen molar-refractivity contribution in [3.05, 3.63) is 0 Å². The third-order valence-corrected chi connectivity index (χ3v) is 6.62. The Kier molecular flexibility index (Phi) is 7.75. The number of nitrogens with zero attached hydrogens (tertiary/aromatic N) is 2. The van der Waals surface area contributed by atoms with E-state index in [0.717, 1.165) is 0 Å². The second kappa shape index (κ2) is 7.78. The quantitative estimate of drug-likeness (QED) is 0.448. The molecular weight excluding hydrogens is 283 g/mol. The van der Waals surface area contributed by atoms with E-state index >= 15 is 0 Å². The number of hydrogen-bond donors (Lipinski definition) is 2. The van der Waals surface area contributed by atoms with Gasteiger partial charge in [0.1, 0.15) is 14.9 Å². The molecule has 0 aliphatic heterocycles. The molecule has 0 aromatic rings. The fraction of sp³-hybridized carbons (Fsp3) is 0.857. The predicted molar refractivity (Wildman–Crippen MR) is 99.6 cm³/mol. The van der Waals surface area contributed by atoms with Crippen LogP contribution >= 0.6 is 8.88 Å². The number of nitrogens with one attached hydrogen (secondary N) is 2. The van der Waals surface area contributed by atoms with E-state index in [1.165, 1.54) is 0 Å². The molecule has 0 spiro atoms. The van der Waals surface area contributed by atoms with Gasteiger partial charge in [0.05, 0.1) is 11.1 Å². The van der Waals surface area contributed by atoms with Gasteiger partial charge in [-0.05, 0) is 41.5 Å². The van der Waals surface area contributed by atoms with E-state index < -0.39 is 8.24 Å². The molecule has 20 heavy (non-hydrogen) atoms. The summed E-state index contributed by atoms with van der Waals surface area (Å²) in [6.07, 6.45) is 3.96. The van der Waals surface area contributed by atoms with E-state index in [0.29, 0.717) is 0 Å². The van der Waals surface area contributed by atoms with Crippen molar-refractivity contribution < 1.29 is 0 Å². The summed E-state index contributed by atoms with van der Waals surface area (Å²) in [5, 5.41) is 3.53. The molecule has 6 heteroatoms. The van der Waals surface area contributed by atoms with Crippen molar-refractivity contribution in [1.29, 1.82) is 0 Å². The van der Waals surface area contributed by atoms with Crippen molar-refractivity contribution in [2.24, 2.45) is 9.98 Å². The van der Waals surface area contributed by atoms with E-state index in [2.05, 4.69) is 81.0 Å². The second-order valence-corrected chi connectivity index (χ2v) is 14.4. The molecule has 0 heterocycles. The van der Waals surface area contributed by atoms with E-state index in [9.17, 15) is 0 Å². The molecule has 0 aliphatic rings. The standard InChI is InChI=1S/C14H33N4PSi/c1-13(2,3)15-10-12(11-16-14(4,5)6)17-19-18-20(7,8)9/h10-12,17-19H,1-9H3/p+1. The van der Waals surface area contributed by atoms with Gasteiger partial charge in [0.25, 0.3) is 0 Å². The highest BCUT2D eigenvalue weighted by Gasteiger charge is 2.18. The summed E-state index contributed by atoms with van der Waals surface area (Å²) < 4.78 is 3.63. The fourth-order valence-corrected chi connectivity index (χ4v) is 3.52. The molecule has 2 N–H and O–H groups in total. The molecule has 0 fully saturated rings. The van der Waals surface area contributed by atoms with Crippen LogP contribution in [0.3, 0.4) is 0 Å². The Morgan fingerprint density at radius 1 is 0.900 bits per heavy atom. The zero-order valence-electron chi connectivity index (χ0n) is 14.7. The third kappa shape index (κ3) is 14.3. The molecule has 0 rings (SSSR count). The molecule has 1 unspecified atom stereocenters. The van der Waals surface area contributed by atoms with E-state index in [1.54, 1.807) is 0 Å². The fourth-order valence-electron chi connectivity index (χ4n) is 1.09.